The molecule has 90 valence electrons. The number of hydrogen-bond donors (Lipinski definition) is 2. The van der Waals surface area contributed by atoms with Crippen molar-refractivity contribution in [1.29, 1.82) is 0 Å². The second-order valence-electron chi connectivity index (χ2n) is 3.90. The summed E-state index contributed by atoms with van der Waals surface area (Å²) in [4.78, 5) is 12.9. The van der Waals surface area contributed by atoms with Crippen molar-refractivity contribution >= 4 is 17.3 Å². The molecule has 0 saturated carbocycles. The van der Waals surface area contributed by atoms with Crippen LogP contribution in [0.15, 0.2) is 12.1 Å². The summed E-state index contributed by atoms with van der Waals surface area (Å²) in [5.74, 6) is -0.724. The van der Waals surface area contributed by atoms with E-state index in [2.05, 4.69) is 19.1 Å². The number of aryl methyl sites for hydroxylation is 1. The minimum atomic E-state index is -0.724. The first kappa shape index (κ1) is 13.2. The van der Waals surface area contributed by atoms with Crippen molar-refractivity contribution in [2.45, 2.75) is 45.1 Å². The van der Waals surface area contributed by atoms with Gasteiger partial charge in [-0.1, -0.05) is 13.3 Å². The number of rotatable bonds is 7. The number of carbonyl (C=O) groups is 1. The van der Waals surface area contributed by atoms with Crippen molar-refractivity contribution in [2.75, 3.05) is 0 Å². The van der Waals surface area contributed by atoms with Gasteiger partial charge in [0.05, 0.1) is 0 Å². The highest BCUT2D eigenvalue weighted by molar-refractivity contribution is 7.12. The Morgan fingerprint density at radius 2 is 2.25 bits per heavy atom. The summed E-state index contributed by atoms with van der Waals surface area (Å²) in [7, 11) is 0. The molecule has 3 nitrogen and oxygen atoms in total. The summed E-state index contributed by atoms with van der Waals surface area (Å²) < 4.78 is 0. The topological polar surface area (TPSA) is 63.3 Å². The molecule has 0 aliphatic heterocycles. The maximum atomic E-state index is 10.3. The van der Waals surface area contributed by atoms with Crippen molar-refractivity contribution in [2.24, 2.45) is 5.73 Å². The zero-order chi connectivity index (χ0) is 12.0. The third-order valence-electron chi connectivity index (χ3n) is 2.55. The lowest BCUT2D eigenvalue weighted by atomic mass is 10.1. The lowest BCUT2D eigenvalue weighted by Gasteiger charge is -2.08. The van der Waals surface area contributed by atoms with E-state index in [9.17, 15) is 4.79 Å². The summed E-state index contributed by atoms with van der Waals surface area (Å²) in [5.41, 5.74) is 6.04. The number of carboxylic acid groups (broad SMARTS) is 1. The van der Waals surface area contributed by atoms with E-state index < -0.39 is 5.97 Å². The SMILES string of the molecule is CCc1ccc(C(N)CCCCC(=O)O)s1. The Kier molecular flexibility index (Phi) is 5.49. The Morgan fingerprint density at radius 3 is 2.81 bits per heavy atom. The van der Waals surface area contributed by atoms with Gasteiger partial charge in [-0.3, -0.25) is 4.79 Å². The Hall–Kier alpha value is -0.870. The second kappa shape index (κ2) is 6.66. The fraction of sp³-hybridized carbons (Fsp3) is 0.583. The van der Waals surface area contributed by atoms with Crippen molar-refractivity contribution in [1.82, 2.24) is 0 Å². The molecule has 0 aromatic carbocycles. The van der Waals surface area contributed by atoms with Crippen LogP contribution in [-0.4, -0.2) is 11.1 Å². The first-order chi connectivity index (χ1) is 7.63. The standard InChI is InChI=1S/C12H19NO2S/c1-2-9-7-8-11(16-9)10(13)5-3-4-6-12(14)15/h7-8,10H,2-6,13H2,1H3,(H,14,15). The fourth-order valence-corrected chi connectivity index (χ4v) is 2.56. The molecule has 3 N–H and O–H groups in total. The zero-order valence-corrected chi connectivity index (χ0v) is 10.4. The van der Waals surface area contributed by atoms with E-state index >= 15 is 0 Å². The molecular weight excluding hydrogens is 222 g/mol. The van der Waals surface area contributed by atoms with Crippen LogP contribution in [0.3, 0.4) is 0 Å². The molecule has 1 atom stereocenters. The zero-order valence-electron chi connectivity index (χ0n) is 9.61. The molecule has 1 unspecified atom stereocenters. The van der Waals surface area contributed by atoms with E-state index in [-0.39, 0.29) is 12.5 Å². The maximum absolute atomic E-state index is 10.3. The van der Waals surface area contributed by atoms with Gasteiger partial charge in [-0.05, 0) is 31.4 Å². The third kappa shape index (κ3) is 4.33. The van der Waals surface area contributed by atoms with Crippen LogP contribution in [0.5, 0.6) is 0 Å². The summed E-state index contributed by atoms with van der Waals surface area (Å²) in [6, 6.07) is 4.28. The molecule has 1 aromatic rings. The number of nitrogens with two attached hydrogens (primary N) is 1. The summed E-state index contributed by atoms with van der Waals surface area (Å²) in [6.45, 7) is 2.13. The van der Waals surface area contributed by atoms with Gasteiger partial charge in [0.1, 0.15) is 0 Å². The Morgan fingerprint density at radius 1 is 1.50 bits per heavy atom. The van der Waals surface area contributed by atoms with Crippen molar-refractivity contribution in [3.63, 3.8) is 0 Å². The fourth-order valence-electron chi connectivity index (χ4n) is 1.57. The molecule has 4 heteroatoms. The lowest BCUT2D eigenvalue weighted by molar-refractivity contribution is -0.137. The Balaban J connectivity index is 2.29. The van der Waals surface area contributed by atoms with E-state index in [1.807, 2.05) is 0 Å². The van der Waals surface area contributed by atoms with Crippen LogP contribution in [0.1, 0.15) is 48.4 Å². The highest BCUT2D eigenvalue weighted by Crippen LogP contribution is 2.25. The second-order valence-corrected chi connectivity index (χ2v) is 5.10. The van der Waals surface area contributed by atoms with Crippen molar-refractivity contribution in [3.8, 4) is 0 Å². The van der Waals surface area contributed by atoms with E-state index in [0.717, 1.165) is 25.7 Å². The first-order valence-electron chi connectivity index (χ1n) is 5.69. The van der Waals surface area contributed by atoms with Crippen LogP contribution >= 0.6 is 11.3 Å². The number of unbranched alkanes of at least 4 members (excludes halogenated alkanes) is 1. The largest absolute Gasteiger partial charge is 0.481 e. The number of carboxylic acids is 1. The number of thiophene rings is 1. The summed E-state index contributed by atoms with van der Waals surface area (Å²) >= 11 is 1.76. The molecule has 1 heterocycles. The average Bonchev–Trinajstić information content (AvgIpc) is 2.72. The van der Waals surface area contributed by atoms with Gasteiger partial charge in [0.2, 0.25) is 0 Å². The van der Waals surface area contributed by atoms with Crippen LogP contribution in [-0.2, 0) is 11.2 Å². The monoisotopic (exact) mass is 241 g/mol. The third-order valence-corrected chi connectivity index (χ3v) is 3.91. The van der Waals surface area contributed by atoms with E-state index in [1.165, 1.54) is 9.75 Å². The molecular formula is C12H19NO2S. The summed E-state index contributed by atoms with van der Waals surface area (Å²) in [6.07, 6.45) is 3.77. The normalized spacial score (nSPS) is 12.6. The predicted molar refractivity (Wildman–Crippen MR) is 66.7 cm³/mol. The van der Waals surface area contributed by atoms with Crippen LogP contribution in [0.25, 0.3) is 0 Å². The van der Waals surface area contributed by atoms with Gasteiger partial charge >= 0.3 is 5.97 Å². The van der Waals surface area contributed by atoms with Gasteiger partial charge in [-0.15, -0.1) is 11.3 Å². The van der Waals surface area contributed by atoms with E-state index in [0.29, 0.717) is 0 Å². The van der Waals surface area contributed by atoms with Crippen LogP contribution in [0.4, 0.5) is 0 Å². The molecule has 0 aliphatic carbocycles. The average molecular weight is 241 g/mol. The molecule has 0 aliphatic rings. The molecule has 0 spiro atoms. The molecule has 0 amide bonds. The maximum Gasteiger partial charge on any atom is 0.303 e. The number of hydrogen-bond acceptors (Lipinski definition) is 3. The molecule has 0 fully saturated rings. The van der Waals surface area contributed by atoms with E-state index in [1.54, 1.807) is 11.3 Å². The minimum absolute atomic E-state index is 0.0686. The van der Waals surface area contributed by atoms with Gasteiger partial charge in [0.25, 0.3) is 0 Å². The quantitative estimate of drug-likeness (QED) is 0.721. The van der Waals surface area contributed by atoms with Crippen LogP contribution in [0.2, 0.25) is 0 Å². The molecule has 0 bridgehead atoms. The highest BCUT2D eigenvalue weighted by Gasteiger charge is 2.08. The molecule has 0 saturated heterocycles. The Bertz CT molecular complexity index is 336. The first-order valence-corrected chi connectivity index (χ1v) is 6.51. The van der Waals surface area contributed by atoms with Crippen LogP contribution in [0, 0.1) is 0 Å². The summed E-state index contributed by atoms with van der Waals surface area (Å²) in [5, 5.41) is 8.50. The van der Waals surface area contributed by atoms with Gasteiger partial charge in [0.15, 0.2) is 0 Å². The lowest BCUT2D eigenvalue weighted by Crippen LogP contribution is -2.08. The van der Waals surface area contributed by atoms with E-state index in [4.69, 9.17) is 10.8 Å². The van der Waals surface area contributed by atoms with Gasteiger partial charge in [0, 0.05) is 22.2 Å². The van der Waals surface area contributed by atoms with Gasteiger partial charge < -0.3 is 10.8 Å². The highest BCUT2D eigenvalue weighted by atomic mass is 32.1. The molecule has 0 radical (unpaired) electrons. The molecule has 1 rings (SSSR count). The number of aliphatic carboxylic acids is 1. The van der Waals surface area contributed by atoms with Crippen LogP contribution < -0.4 is 5.73 Å². The smallest absolute Gasteiger partial charge is 0.303 e. The van der Waals surface area contributed by atoms with Gasteiger partial charge in [-0.2, -0.15) is 0 Å². The molecule has 1 aromatic heterocycles. The van der Waals surface area contributed by atoms with Gasteiger partial charge in [-0.25, -0.2) is 0 Å². The molecule has 16 heavy (non-hydrogen) atoms. The Labute approximate surface area is 100 Å². The predicted octanol–water partition coefficient (Wildman–Crippen LogP) is 2.96. The van der Waals surface area contributed by atoms with Crippen molar-refractivity contribution in [3.05, 3.63) is 21.9 Å². The van der Waals surface area contributed by atoms with Crippen molar-refractivity contribution < 1.29 is 9.90 Å². The minimum Gasteiger partial charge on any atom is -0.481 e.